The maximum atomic E-state index is 12.6. The second-order valence-electron chi connectivity index (χ2n) is 6.51. The number of hydrogen-bond acceptors (Lipinski definition) is 5. The maximum absolute atomic E-state index is 12.6. The van der Waals surface area contributed by atoms with Crippen LogP contribution in [0.3, 0.4) is 0 Å². The topological polar surface area (TPSA) is 105 Å². The third-order valence-electron chi connectivity index (χ3n) is 4.36. The van der Waals surface area contributed by atoms with Gasteiger partial charge in [0.1, 0.15) is 25.4 Å². The van der Waals surface area contributed by atoms with Gasteiger partial charge in [0.05, 0.1) is 6.54 Å². The van der Waals surface area contributed by atoms with Gasteiger partial charge < -0.3 is 20.3 Å². The summed E-state index contributed by atoms with van der Waals surface area (Å²) in [6, 6.07) is 7.48. The van der Waals surface area contributed by atoms with Crippen molar-refractivity contribution in [2.75, 3.05) is 19.8 Å². The van der Waals surface area contributed by atoms with Crippen molar-refractivity contribution >= 4 is 23.7 Å². The molecule has 1 aliphatic heterocycles. The van der Waals surface area contributed by atoms with Gasteiger partial charge in [0.2, 0.25) is 11.8 Å². The fourth-order valence-corrected chi connectivity index (χ4v) is 2.91. The minimum atomic E-state index is -1.15. The number of carbonyl (C=O) groups is 4. The van der Waals surface area contributed by atoms with E-state index in [1.54, 1.807) is 0 Å². The fourth-order valence-electron chi connectivity index (χ4n) is 2.91. The van der Waals surface area contributed by atoms with E-state index in [-0.39, 0.29) is 6.61 Å². The van der Waals surface area contributed by atoms with Crippen LogP contribution in [-0.2, 0) is 25.7 Å². The molecule has 9 heteroatoms. The summed E-state index contributed by atoms with van der Waals surface area (Å²) >= 11 is 0. The van der Waals surface area contributed by atoms with Crippen LogP contribution in [0.15, 0.2) is 30.3 Å². The Hall–Kier alpha value is -2.97. The number of benzene rings is 1. The largest absolute Gasteiger partial charge is 0.445 e. The monoisotopic (exact) mass is 393 g/mol. The number of nitrogens with one attached hydrogen (secondary N) is 2. The minimum absolute atomic E-state index is 0.0743. The highest BCUT2D eigenvalue weighted by Crippen LogP contribution is 2.18. The first-order valence-corrected chi connectivity index (χ1v) is 9.05. The normalized spacial score (nSPS) is 16.9. The smallest absolute Gasteiger partial charge is 0.408 e. The first kappa shape index (κ1) is 21.3. The van der Waals surface area contributed by atoms with Crippen LogP contribution in [0.2, 0.25) is 0 Å². The average Bonchev–Trinajstić information content (AvgIpc) is 3.20. The fraction of sp³-hybridized carbons (Fsp3) is 0.474. The third kappa shape index (κ3) is 6.04. The molecule has 1 fully saturated rings. The Kier molecular flexibility index (Phi) is 7.91. The molecule has 2 rings (SSSR count). The van der Waals surface area contributed by atoms with Crippen LogP contribution >= 0.6 is 0 Å². The van der Waals surface area contributed by atoms with E-state index in [0.717, 1.165) is 5.56 Å². The van der Waals surface area contributed by atoms with Crippen LogP contribution in [0, 0.1) is 0 Å². The van der Waals surface area contributed by atoms with E-state index in [2.05, 4.69) is 10.6 Å². The van der Waals surface area contributed by atoms with Crippen LogP contribution < -0.4 is 10.6 Å². The van der Waals surface area contributed by atoms with Gasteiger partial charge in [-0.25, -0.2) is 9.18 Å². The Morgan fingerprint density at radius 1 is 1.25 bits per heavy atom. The Morgan fingerprint density at radius 3 is 2.64 bits per heavy atom. The highest BCUT2D eigenvalue weighted by atomic mass is 19.1. The van der Waals surface area contributed by atoms with Gasteiger partial charge in [0.15, 0.2) is 5.78 Å². The number of hydrogen-bond donors (Lipinski definition) is 2. The van der Waals surface area contributed by atoms with Crippen LogP contribution in [0.1, 0.15) is 25.3 Å². The highest BCUT2D eigenvalue weighted by Gasteiger charge is 2.36. The van der Waals surface area contributed by atoms with Crippen molar-refractivity contribution in [2.45, 2.75) is 38.5 Å². The lowest BCUT2D eigenvalue weighted by Crippen LogP contribution is -2.53. The molecule has 0 saturated carbocycles. The van der Waals surface area contributed by atoms with Crippen molar-refractivity contribution in [3.8, 4) is 0 Å². The predicted octanol–water partition coefficient (Wildman–Crippen LogP) is 0.947. The molecule has 0 spiro atoms. The number of Topliss-reactive ketones (excluding diaryl/α,β-unsaturated/α-hetero) is 1. The van der Waals surface area contributed by atoms with Gasteiger partial charge in [-0.3, -0.25) is 14.4 Å². The minimum Gasteiger partial charge on any atom is -0.445 e. The molecular weight excluding hydrogens is 369 g/mol. The van der Waals surface area contributed by atoms with Crippen LogP contribution in [0.25, 0.3) is 0 Å². The molecule has 1 aromatic carbocycles. The predicted molar refractivity (Wildman–Crippen MR) is 98.0 cm³/mol. The van der Waals surface area contributed by atoms with Gasteiger partial charge in [0.25, 0.3) is 0 Å². The number of ketones is 1. The molecule has 2 unspecified atom stereocenters. The van der Waals surface area contributed by atoms with Crippen molar-refractivity contribution in [3.63, 3.8) is 0 Å². The summed E-state index contributed by atoms with van der Waals surface area (Å²) in [4.78, 5) is 49.1. The van der Waals surface area contributed by atoms with E-state index < -0.39 is 49.0 Å². The number of amides is 3. The molecule has 3 amide bonds. The molecule has 0 aromatic heterocycles. The molecule has 2 atom stereocenters. The highest BCUT2D eigenvalue weighted by molar-refractivity contribution is 5.93. The number of alkyl carbamates (subject to hydrolysis) is 1. The molecule has 1 aromatic rings. The second-order valence-corrected chi connectivity index (χ2v) is 6.51. The number of rotatable bonds is 8. The van der Waals surface area contributed by atoms with Gasteiger partial charge >= 0.3 is 6.09 Å². The maximum Gasteiger partial charge on any atom is 0.408 e. The molecule has 28 heavy (non-hydrogen) atoms. The van der Waals surface area contributed by atoms with Crippen molar-refractivity contribution in [2.24, 2.45) is 0 Å². The number of ether oxygens (including phenoxy) is 1. The Morgan fingerprint density at radius 2 is 1.96 bits per heavy atom. The summed E-state index contributed by atoms with van der Waals surface area (Å²) in [6.07, 6.45) is 0.317. The summed E-state index contributed by atoms with van der Waals surface area (Å²) in [5.41, 5.74) is 0.815. The Labute approximate surface area is 162 Å². The molecule has 1 heterocycles. The first-order chi connectivity index (χ1) is 13.4. The molecule has 152 valence electrons. The molecular formula is C19H24FN3O5. The molecule has 1 aliphatic rings. The Bertz CT molecular complexity index is 713. The van der Waals surface area contributed by atoms with Crippen LogP contribution in [0.5, 0.6) is 0 Å². The lowest BCUT2D eigenvalue weighted by atomic mass is 10.2. The summed E-state index contributed by atoms with van der Waals surface area (Å²) in [7, 11) is 0. The lowest BCUT2D eigenvalue weighted by molar-refractivity contribution is -0.139. The van der Waals surface area contributed by atoms with Crippen molar-refractivity contribution < 1.29 is 28.3 Å². The Balaban J connectivity index is 1.84. The summed E-state index contributed by atoms with van der Waals surface area (Å²) in [6.45, 7) is 0.378. The number of alkyl halides is 1. The number of carbonyl (C=O) groups excluding carboxylic acids is 4. The average molecular weight is 393 g/mol. The van der Waals surface area contributed by atoms with Gasteiger partial charge in [-0.15, -0.1) is 0 Å². The molecule has 8 nitrogen and oxygen atoms in total. The van der Waals surface area contributed by atoms with E-state index in [0.29, 0.717) is 19.4 Å². The number of nitrogens with zero attached hydrogens (tertiary/aromatic N) is 1. The van der Waals surface area contributed by atoms with Gasteiger partial charge in [-0.05, 0) is 25.3 Å². The van der Waals surface area contributed by atoms with Gasteiger partial charge in [-0.2, -0.15) is 0 Å². The number of halogens is 1. The summed E-state index contributed by atoms with van der Waals surface area (Å²) < 4.78 is 17.3. The quantitative estimate of drug-likeness (QED) is 0.684. The zero-order valence-corrected chi connectivity index (χ0v) is 15.7. The third-order valence-corrected chi connectivity index (χ3v) is 4.36. The van der Waals surface area contributed by atoms with Crippen molar-refractivity contribution in [1.82, 2.24) is 15.5 Å². The molecule has 0 radical (unpaired) electrons. The van der Waals surface area contributed by atoms with E-state index >= 15 is 0 Å². The van der Waals surface area contributed by atoms with E-state index in [9.17, 15) is 23.6 Å². The molecule has 2 N–H and O–H groups in total. The lowest BCUT2D eigenvalue weighted by Gasteiger charge is -2.26. The van der Waals surface area contributed by atoms with E-state index in [1.807, 2.05) is 30.3 Å². The standard InChI is InChI=1S/C19H24FN3O5/c1-13(22-19(27)28-12-14-6-3-2-4-7-14)18(26)23-9-5-8-16(23)17(25)21-11-15(24)10-20/h2-4,6-7,13,16H,5,8-12H2,1H3,(H,21,25)(H,22,27). The van der Waals surface area contributed by atoms with Gasteiger partial charge in [0, 0.05) is 6.54 Å². The van der Waals surface area contributed by atoms with Crippen molar-refractivity contribution in [1.29, 1.82) is 0 Å². The van der Waals surface area contributed by atoms with E-state index in [1.165, 1.54) is 11.8 Å². The zero-order chi connectivity index (χ0) is 20.5. The summed E-state index contributed by atoms with van der Waals surface area (Å²) in [5, 5.41) is 4.80. The zero-order valence-electron chi connectivity index (χ0n) is 15.7. The van der Waals surface area contributed by atoms with Crippen LogP contribution in [0.4, 0.5) is 9.18 Å². The second kappa shape index (κ2) is 10.4. The van der Waals surface area contributed by atoms with Crippen molar-refractivity contribution in [3.05, 3.63) is 35.9 Å². The first-order valence-electron chi connectivity index (χ1n) is 9.05. The molecule has 0 bridgehead atoms. The van der Waals surface area contributed by atoms with Gasteiger partial charge in [-0.1, -0.05) is 30.3 Å². The SMILES string of the molecule is CC(NC(=O)OCc1ccccc1)C(=O)N1CCCC1C(=O)NCC(=O)CF. The molecule has 0 aliphatic carbocycles. The molecule has 1 saturated heterocycles. The van der Waals surface area contributed by atoms with Crippen LogP contribution in [-0.4, -0.2) is 60.4 Å². The summed E-state index contributed by atoms with van der Waals surface area (Å²) in [5.74, 6) is -1.67. The van der Waals surface area contributed by atoms with E-state index in [4.69, 9.17) is 4.74 Å². The number of likely N-dealkylation sites (tertiary alicyclic amines) is 1.